The molecule has 5 rings (SSSR count). The molecule has 1 spiro atoms. The molecule has 2 saturated carbocycles. The SMILES string of the molecule is N#CC1=C(N2CCC3(CC2)CC3)c2cc([C@H](O)C3CC3)ccc2CC1=O. The van der Waals surface area contributed by atoms with Crippen LogP contribution in [-0.4, -0.2) is 28.9 Å². The van der Waals surface area contributed by atoms with E-state index in [0.29, 0.717) is 23.3 Å². The first-order chi connectivity index (χ1) is 12.6. The van der Waals surface area contributed by atoms with Crippen molar-refractivity contribution < 1.29 is 9.90 Å². The molecule has 1 aromatic rings. The van der Waals surface area contributed by atoms with Gasteiger partial charge in [0.05, 0.1) is 11.8 Å². The van der Waals surface area contributed by atoms with Gasteiger partial charge in [-0.05, 0) is 67.1 Å². The molecular weight excluding hydrogens is 324 g/mol. The molecular formula is C22H24N2O2. The third kappa shape index (κ3) is 2.57. The number of carbonyl (C=O) groups is 1. The van der Waals surface area contributed by atoms with Crippen molar-refractivity contribution in [2.75, 3.05) is 13.1 Å². The predicted octanol–water partition coefficient (Wildman–Crippen LogP) is 3.37. The van der Waals surface area contributed by atoms with Gasteiger partial charge in [-0.2, -0.15) is 5.26 Å². The van der Waals surface area contributed by atoms with Crippen LogP contribution in [0.3, 0.4) is 0 Å². The van der Waals surface area contributed by atoms with Crippen LogP contribution in [0.2, 0.25) is 0 Å². The summed E-state index contributed by atoms with van der Waals surface area (Å²) in [5.74, 6) is 0.294. The molecule has 3 aliphatic carbocycles. The van der Waals surface area contributed by atoms with Crippen molar-refractivity contribution in [1.82, 2.24) is 4.90 Å². The number of carbonyl (C=O) groups excluding carboxylic acids is 1. The normalized spacial score (nSPS) is 25.1. The van der Waals surface area contributed by atoms with E-state index in [4.69, 9.17) is 0 Å². The summed E-state index contributed by atoms with van der Waals surface area (Å²) < 4.78 is 0. The Morgan fingerprint density at radius 2 is 1.92 bits per heavy atom. The molecule has 1 saturated heterocycles. The Labute approximate surface area is 154 Å². The number of Topliss-reactive ketones (excluding diaryl/α,β-unsaturated/α-hetero) is 1. The minimum Gasteiger partial charge on any atom is -0.388 e. The smallest absolute Gasteiger partial charge is 0.179 e. The molecule has 0 radical (unpaired) electrons. The number of aliphatic hydroxyl groups excluding tert-OH is 1. The van der Waals surface area contributed by atoms with Crippen molar-refractivity contribution in [3.8, 4) is 6.07 Å². The van der Waals surface area contributed by atoms with E-state index in [1.807, 2.05) is 18.2 Å². The quantitative estimate of drug-likeness (QED) is 0.910. The maximum absolute atomic E-state index is 12.6. The lowest BCUT2D eigenvalue weighted by Gasteiger charge is -2.37. The van der Waals surface area contributed by atoms with Gasteiger partial charge in [0.2, 0.25) is 0 Å². The van der Waals surface area contributed by atoms with Crippen molar-refractivity contribution in [2.24, 2.45) is 11.3 Å². The highest BCUT2D eigenvalue weighted by Crippen LogP contribution is 2.54. The molecule has 1 atom stereocenters. The van der Waals surface area contributed by atoms with E-state index < -0.39 is 6.10 Å². The summed E-state index contributed by atoms with van der Waals surface area (Å²) in [7, 11) is 0. The van der Waals surface area contributed by atoms with Gasteiger partial charge in [0.1, 0.15) is 11.6 Å². The van der Waals surface area contributed by atoms with Gasteiger partial charge in [0, 0.05) is 25.1 Å². The van der Waals surface area contributed by atoms with E-state index in [0.717, 1.165) is 61.2 Å². The van der Waals surface area contributed by atoms with E-state index in [-0.39, 0.29) is 5.78 Å². The summed E-state index contributed by atoms with van der Waals surface area (Å²) in [6.45, 7) is 1.84. The van der Waals surface area contributed by atoms with E-state index in [2.05, 4.69) is 11.0 Å². The highest BCUT2D eigenvalue weighted by atomic mass is 16.3. The Morgan fingerprint density at radius 1 is 1.19 bits per heavy atom. The van der Waals surface area contributed by atoms with Gasteiger partial charge in [-0.3, -0.25) is 4.79 Å². The molecule has 1 aliphatic heterocycles. The molecule has 0 bridgehead atoms. The number of nitrogens with zero attached hydrogens (tertiary/aromatic N) is 2. The molecule has 3 fully saturated rings. The Bertz CT molecular complexity index is 845. The highest BCUT2D eigenvalue weighted by molar-refractivity contribution is 6.09. The van der Waals surface area contributed by atoms with Gasteiger partial charge in [0.25, 0.3) is 0 Å². The lowest BCUT2D eigenvalue weighted by molar-refractivity contribution is -0.114. The van der Waals surface area contributed by atoms with Gasteiger partial charge < -0.3 is 10.0 Å². The zero-order valence-electron chi connectivity index (χ0n) is 15.0. The minimum absolute atomic E-state index is 0.0720. The van der Waals surface area contributed by atoms with Crippen LogP contribution in [0.15, 0.2) is 23.8 Å². The Kier molecular flexibility index (Phi) is 3.52. The molecule has 0 aromatic heterocycles. The molecule has 1 N–H and O–H groups in total. The first-order valence-electron chi connectivity index (χ1n) is 9.84. The Balaban J connectivity index is 1.55. The number of hydrogen-bond donors (Lipinski definition) is 1. The number of piperidine rings is 1. The maximum atomic E-state index is 12.6. The van der Waals surface area contributed by atoms with Gasteiger partial charge in [-0.15, -0.1) is 0 Å². The van der Waals surface area contributed by atoms with Crippen LogP contribution in [0.1, 0.15) is 61.3 Å². The Morgan fingerprint density at radius 3 is 2.54 bits per heavy atom. The van der Waals surface area contributed by atoms with Crippen molar-refractivity contribution >= 4 is 11.5 Å². The van der Waals surface area contributed by atoms with Crippen LogP contribution in [-0.2, 0) is 11.2 Å². The predicted molar refractivity (Wildman–Crippen MR) is 97.8 cm³/mol. The zero-order chi connectivity index (χ0) is 17.9. The van der Waals surface area contributed by atoms with E-state index in [9.17, 15) is 15.2 Å². The number of allylic oxidation sites excluding steroid dienone is 1. The lowest BCUT2D eigenvalue weighted by Crippen LogP contribution is -2.36. The second kappa shape index (κ2) is 5.69. The minimum atomic E-state index is -0.430. The average molecular weight is 348 g/mol. The van der Waals surface area contributed by atoms with Crippen molar-refractivity contribution in [3.05, 3.63) is 40.5 Å². The molecule has 4 nitrogen and oxygen atoms in total. The number of hydrogen-bond acceptors (Lipinski definition) is 4. The number of nitriles is 1. The second-order valence-corrected chi connectivity index (χ2v) is 8.62. The molecule has 0 amide bonds. The molecule has 134 valence electrons. The molecule has 26 heavy (non-hydrogen) atoms. The van der Waals surface area contributed by atoms with E-state index >= 15 is 0 Å². The number of aliphatic hydroxyl groups is 1. The fraction of sp³-hybridized carbons (Fsp3) is 0.545. The summed E-state index contributed by atoms with van der Waals surface area (Å²) in [4.78, 5) is 14.8. The summed E-state index contributed by atoms with van der Waals surface area (Å²) in [5, 5.41) is 20.2. The maximum Gasteiger partial charge on any atom is 0.179 e. The van der Waals surface area contributed by atoms with Crippen molar-refractivity contribution in [2.45, 2.75) is 51.0 Å². The van der Waals surface area contributed by atoms with Crippen molar-refractivity contribution in [3.63, 3.8) is 0 Å². The third-order valence-electron chi connectivity index (χ3n) is 6.87. The van der Waals surface area contributed by atoms with Crippen LogP contribution in [0.4, 0.5) is 0 Å². The summed E-state index contributed by atoms with van der Waals surface area (Å²) in [6.07, 6.45) is 7.00. The second-order valence-electron chi connectivity index (χ2n) is 8.62. The summed E-state index contributed by atoms with van der Waals surface area (Å²) in [5.41, 5.74) is 4.58. The first-order valence-corrected chi connectivity index (χ1v) is 9.84. The fourth-order valence-corrected chi connectivity index (χ4v) is 4.69. The highest BCUT2D eigenvalue weighted by Gasteiger charge is 2.45. The van der Waals surface area contributed by atoms with Gasteiger partial charge in [-0.1, -0.05) is 12.1 Å². The van der Waals surface area contributed by atoms with Crippen LogP contribution in [0.25, 0.3) is 5.70 Å². The monoisotopic (exact) mass is 348 g/mol. The number of ketones is 1. The molecule has 1 aromatic carbocycles. The Hall–Kier alpha value is -2.12. The molecule has 4 heteroatoms. The number of rotatable bonds is 3. The van der Waals surface area contributed by atoms with Crippen LogP contribution < -0.4 is 0 Å². The van der Waals surface area contributed by atoms with Crippen LogP contribution >= 0.6 is 0 Å². The molecule has 4 aliphatic rings. The standard InChI is InChI=1S/C22H24N2O2/c23-13-18-19(25)12-15-3-4-16(21(26)14-1-2-14)11-17(15)20(18)24-9-7-22(5-6-22)8-10-24/h3-4,11,14,21,26H,1-2,5-10,12H2/t21-/m1/s1. The third-order valence-corrected chi connectivity index (χ3v) is 6.87. The first kappa shape index (κ1) is 16.1. The van der Waals surface area contributed by atoms with Gasteiger partial charge >= 0.3 is 0 Å². The van der Waals surface area contributed by atoms with E-state index in [1.165, 1.54) is 12.8 Å². The van der Waals surface area contributed by atoms with Gasteiger partial charge in [0.15, 0.2) is 5.78 Å². The zero-order valence-corrected chi connectivity index (χ0v) is 15.0. The summed E-state index contributed by atoms with van der Waals surface area (Å²) >= 11 is 0. The van der Waals surface area contributed by atoms with Crippen molar-refractivity contribution in [1.29, 1.82) is 5.26 Å². The largest absolute Gasteiger partial charge is 0.388 e. The number of fused-ring (bicyclic) bond motifs is 1. The van der Waals surface area contributed by atoms with Gasteiger partial charge in [-0.25, -0.2) is 0 Å². The topological polar surface area (TPSA) is 64.3 Å². The summed E-state index contributed by atoms with van der Waals surface area (Å²) in [6, 6.07) is 8.17. The number of likely N-dealkylation sites (tertiary alicyclic amines) is 1. The average Bonchev–Trinajstić information content (AvgIpc) is 3.57. The molecule has 0 unspecified atom stereocenters. The van der Waals surface area contributed by atoms with Crippen LogP contribution in [0, 0.1) is 22.7 Å². The van der Waals surface area contributed by atoms with Crippen LogP contribution in [0.5, 0.6) is 0 Å². The molecule has 1 heterocycles. The fourth-order valence-electron chi connectivity index (χ4n) is 4.69. The lowest BCUT2D eigenvalue weighted by atomic mass is 9.84. The van der Waals surface area contributed by atoms with E-state index in [1.54, 1.807) is 0 Å². The number of benzene rings is 1.